The van der Waals surface area contributed by atoms with Crippen molar-refractivity contribution in [3.05, 3.63) is 41.4 Å². The molecule has 37 heavy (non-hydrogen) atoms. The van der Waals surface area contributed by atoms with Crippen molar-refractivity contribution < 1.29 is 38.2 Å². The number of hydrogen-bond acceptors (Lipinski definition) is 7. The first-order chi connectivity index (χ1) is 17.6. The van der Waals surface area contributed by atoms with Gasteiger partial charge in [-0.3, -0.25) is 14.4 Å². The Hall–Kier alpha value is -4.05. The molecule has 2 unspecified atom stereocenters. The highest BCUT2D eigenvalue weighted by molar-refractivity contribution is 6.25. The normalized spacial score (nSPS) is 11.9. The third-order valence-corrected chi connectivity index (χ3v) is 4.95. The van der Waals surface area contributed by atoms with Gasteiger partial charge in [-0.1, -0.05) is 30.3 Å². The molecule has 12 nitrogen and oxygen atoms in total. The minimum Gasteiger partial charge on any atom is -0.461 e. The molecule has 0 fully saturated rings. The topological polar surface area (TPSA) is 176 Å². The number of Topliss-reactive ketones (excluding diaryl/α,β-unsaturated/α-hetero) is 1. The minimum atomic E-state index is -1.17. The predicted octanol–water partition coefficient (Wildman–Crippen LogP) is 1.67. The van der Waals surface area contributed by atoms with E-state index >= 15 is 0 Å². The fourth-order valence-electron chi connectivity index (χ4n) is 3.16. The van der Waals surface area contributed by atoms with E-state index in [1.54, 1.807) is 38.1 Å². The summed E-state index contributed by atoms with van der Waals surface area (Å²) in [7, 11) is 0. The number of benzene rings is 1. The van der Waals surface area contributed by atoms with Crippen LogP contribution in [0.2, 0.25) is 0 Å². The molecule has 3 amide bonds. The fourth-order valence-corrected chi connectivity index (χ4v) is 3.16. The number of carbonyl (C=O) groups is 5. The average Bonchev–Trinajstić information content (AvgIpc) is 2.84. The lowest BCUT2D eigenvalue weighted by Crippen LogP contribution is -2.52. The molecule has 12 heteroatoms. The van der Waals surface area contributed by atoms with Crippen LogP contribution in [0.5, 0.6) is 0 Å². The van der Waals surface area contributed by atoms with Gasteiger partial charge >= 0.3 is 18.3 Å². The Labute approximate surface area is 216 Å². The average molecular weight is 518 g/mol. The van der Waals surface area contributed by atoms with Gasteiger partial charge in [0, 0.05) is 19.9 Å². The zero-order valence-electron chi connectivity index (χ0n) is 21.4. The largest absolute Gasteiger partial charge is 0.461 e. The third-order valence-electron chi connectivity index (χ3n) is 4.95. The Balaban J connectivity index is 2.88. The minimum absolute atomic E-state index is 0.00139. The van der Waals surface area contributed by atoms with E-state index in [2.05, 4.69) is 20.7 Å². The summed E-state index contributed by atoms with van der Waals surface area (Å²) >= 11 is 0. The number of alkyl carbamates (subject to hydrolysis) is 1. The molecule has 1 aromatic carbocycles. The van der Waals surface area contributed by atoms with E-state index in [1.807, 2.05) is 6.07 Å². The van der Waals surface area contributed by atoms with Gasteiger partial charge in [0.05, 0.1) is 6.10 Å². The standard InChI is InChI=1S/C25H35N5O7/c1-17(2)37-24(34)22(13-12-20(32)15-28-26)29-23(33)21(11-7-8-14-27-18(3)31)30-25(35)36-16-19-9-5-4-6-10-19/h4-6,9-10,15,17,21-22H,7-8,11-14,16H2,1-3H3,(H,27,31)(H,29,33)(H,30,35). The van der Waals surface area contributed by atoms with Crippen molar-refractivity contribution in [1.29, 1.82) is 0 Å². The van der Waals surface area contributed by atoms with Gasteiger partial charge in [-0.25, -0.2) is 9.59 Å². The van der Waals surface area contributed by atoms with Crippen LogP contribution in [0.15, 0.2) is 30.3 Å². The molecule has 3 N–H and O–H groups in total. The van der Waals surface area contributed by atoms with Crippen molar-refractivity contribution in [2.45, 2.75) is 77.7 Å². The first-order valence-corrected chi connectivity index (χ1v) is 12.0. The molecule has 0 aromatic heterocycles. The highest BCUT2D eigenvalue weighted by Gasteiger charge is 2.29. The summed E-state index contributed by atoms with van der Waals surface area (Å²) in [6.45, 7) is 5.08. The molecule has 0 radical (unpaired) electrons. The second-order valence-electron chi connectivity index (χ2n) is 8.53. The van der Waals surface area contributed by atoms with Crippen LogP contribution in [0.4, 0.5) is 4.79 Å². The molecule has 202 valence electrons. The molecule has 0 bridgehead atoms. The smallest absolute Gasteiger partial charge is 0.408 e. The van der Waals surface area contributed by atoms with E-state index in [0.29, 0.717) is 25.6 Å². The lowest BCUT2D eigenvalue weighted by atomic mass is 10.1. The van der Waals surface area contributed by atoms with Crippen molar-refractivity contribution in [3.8, 4) is 0 Å². The molecular formula is C25H35N5O7. The van der Waals surface area contributed by atoms with E-state index in [9.17, 15) is 24.0 Å². The maximum atomic E-state index is 13.1. The lowest BCUT2D eigenvalue weighted by Gasteiger charge is -2.23. The Morgan fingerprint density at radius 1 is 1.00 bits per heavy atom. The Morgan fingerprint density at radius 3 is 2.32 bits per heavy atom. The summed E-state index contributed by atoms with van der Waals surface area (Å²) in [6.07, 6.45) is 0.370. The van der Waals surface area contributed by atoms with E-state index in [-0.39, 0.29) is 31.8 Å². The highest BCUT2D eigenvalue weighted by atomic mass is 16.6. The molecule has 0 heterocycles. The molecule has 0 aliphatic carbocycles. The van der Waals surface area contributed by atoms with Crippen molar-refractivity contribution in [2.24, 2.45) is 0 Å². The van der Waals surface area contributed by atoms with Crippen LogP contribution in [0, 0.1) is 0 Å². The molecule has 0 saturated heterocycles. The van der Waals surface area contributed by atoms with Gasteiger partial charge in [-0.2, -0.15) is 4.79 Å². The van der Waals surface area contributed by atoms with Gasteiger partial charge in [0.1, 0.15) is 18.7 Å². The van der Waals surface area contributed by atoms with Crippen LogP contribution in [0.3, 0.4) is 0 Å². The molecule has 0 saturated carbocycles. The second kappa shape index (κ2) is 17.4. The molecule has 1 aromatic rings. The monoisotopic (exact) mass is 517 g/mol. The predicted molar refractivity (Wildman–Crippen MR) is 133 cm³/mol. The summed E-state index contributed by atoms with van der Waals surface area (Å²) in [5.41, 5.74) is 9.28. The Morgan fingerprint density at radius 2 is 1.70 bits per heavy atom. The second-order valence-corrected chi connectivity index (χ2v) is 8.53. The van der Waals surface area contributed by atoms with Gasteiger partial charge in [0.25, 0.3) is 0 Å². The summed E-state index contributed by atoms with van der Waals surface area (Å²) < 4.78 is 10.4. The Bertz CT molecular complexity index is 961. The number of nitrogens with one attached hydrogen (secondary N) is 3. The van der Waals surface area contributed by atoms with Gasteiger partial charge in [-0.05, 0) is 45.1 Å². The maximum absolute atomic E-state index is 13.1. The number of carbonyl (C=O) groups excluding carboxylic acids is 5. The van der Waals surface area contributed by atoms with Crippen molar-refractivity contribution >= 4 is 35.9 Å². The van der Waals surface area contributed by atoms with Crippen molar-refractivity contribution in [3.63, 3.8) is 0 Å². The molecule has 1 rings (SSSR count). The SMILES string of the molecule is CC(=O)NCCCCC(NC(=O)OCc1ccccc1)C(=O)NC(CCC(=O)C=[N+]=[N-])C(=O)OC(C)C. The number of hydrogen-bond donors (Lipinski definition) is 3. The van der Waals surface area contributed by atoms with E-state index in [4.69, 9.17) is 15.0 Å². The van der Waals surface area contributed by atoms with Gasteiger partial charge in [0.2, 0.25) is 17.6 Å². The first-order valence-electron chi connectivity index (χ1n) is 12.0. The lowest BCUT2D eigenvalue weighted by molar-refractivity contribution is -0.152. The maximum Gasteiger partial charge on any atom is 0.408 e. The van der Waals surface area contributed by atoms with Crippen molar-refractivity contribution in [1.82, 2.24) is 16.0 Å². The Kier molecular flexibility index (Phi) is 14.6. The molecule has 0 aliphatic heterocycles. The van der Waals surface area contributed by atoms with Gasteiger partial charge in [-0.15, -0.1) is 0 Å². The van der Waals surface area contributed by atoms with Crippen LogP contribution in [-0.2, 0) is 35.3 Å². The zero-order chi connectivity index (χ0) is 27.6. The number of amides is 3. The number of unbranched alkanes of at least 4 members (excludes halogenated alkanes) is 1. The van der Waals surface area contributed by atoms with E-state index in [1.165, 1.54) is 6.92 Å². The van der Waals surface area contributed by atoms with Crippen LogP contribution in [0.1, 0.15) is 58.4 Å². The number of nitrogens with zero attached hydrogens (tertiary/aromatic N) is 2. The zero-order valence-corrected chi connectivity index (χ0v) is 21.4. The summed E-state index contributed by atoms with van der Waals surface area (Å²) in [6, 6.07) is 6.78. The first kappa shape index (κ1) is 31.0. The number of esters is 1. The summed E-state index contributed by atoms with van der Waals surface area (Å²) in [4.78, 5) is 63.5. The van der Waals surface area contributed by atoms with E-state index < -0.39 is 41.9 Å². The molecule has 2 atom stereocenters. The quantitative estimate of drug-likeness (QED) is 0.0982. The van der Waals surface area contributed by atoms with Crippen LogP contribution >= 0.6 is 0 Å². The summed E-state index contributed by atoms with van der Waals surface area (Å²) in [5.74, 6) is -2.13. The van der Waals surface area contributed by atoms with Crippen LogP contribution < -0.4 is 16.0 Å². The number of ketones is 1. The summed E-state index contributed by atoms with van der Waals surface area (Å²) in [5, 5.41) is 7.73. The van der Waals surface area contributed by atoms with Crippen LogP contribution in [0.25, 0.3) is 5.53 Å². The number of ether oxygens (including phenoxy) is 2. The third kappa shape index (κ3) is 14.2. The van der Waals surface area contributed by atoms with Gasteiger partial charge < -0.3 is 31.0 Å². The molecular weight excluding hydrogens is 482 g/mol. The fraction of sp³-hybridized carbons (Fsp3) is 0.520. The van der Waals surface area contributed by atoms with Crippen molar-refractivity contribution in [2.75, 3.05) is 6.54 Å². The van der Waals surface area contributed by atoms with Gasteiger partial charge in [0.15, 0.2) is 0 Å². The van der Waals surface area contributed by atoms with Crippen LogP contribution in [-0.4, -0.2) is 65.4 Å². The highest BCUT2D eigenvalue weighted by Crippen LogP contribution is 2.08. The number of rotatable bonds is 16. The molecule has 0 aliphatic rings. The van der Waals surface area contributed by atoms with E-state index in [0.717, 1.165) is 5.56 Å². The molecule has 0 spiro atoms.